The van der Waals surface area contributed by atoms with E-state index in [0.29, 0.717) is 11.3 Å². The molecule has 3 heterocycles. The first-order valence-electron chi connectivity index (χ1n) is 9.81. The van der Waals surface area contributed by atoms with Crippen molar-refractivity contribution in [2.45, 2.75) is 32.7 Å². The second kappa shape index (κ2) is 8.28. The van der Waals surface area contributed by atoms with Crippen LogP contribution in [0.5, 0.6) is 0 Å². The lowest BCUT2D eigenvalue weighted by atomic mass is 10.1. The van der Waals surface area contributed by atoms with E-state index in [9.17, 15) is 4.79 Å². The fourth-order valence-corrected chi connectivity index (χ4v) is 3.49. The van der Waals surface area contributed by atoms with Gasteiger partial charge in [-0.05, 0) is 50.5 Å². The van der Waals surface area contributed by atoms with E-state index in [2.05, 4.69) is 20.5 Å². The Morgan fingerprint density at radius 2 is 2.00 bits per heavy atom. The quantitative estimate of drug-likeness (QED) is 0.512. The maximum absolute atomic E-state index is 12.8. The number of fused-ring (bicyclic) bond motifs is 1. The number of aryl methyl sites for hydroxylation is 2. The van der Waals surface area contributed by atoms with E-state index in [1.165, 1.54) is 5.56 Å². The van der Waals surface area contributed by atoms with E-state index in [0.717, 1.165) is 34.8 Å². The van der Waals surface area contributed by atoms with Gasteiger partial charge in [0.2, 0.25) is 0 Å². The first kappa shape index (κ1) is 20.1. The minimum absolute atomic E-state index is 0.00554. The van der Waals surface area contributed by atoms with Gasteiger partial charge in [-0.15, -0.1) is 0 Å². The number of nitrogens with one attached hydrogen (secondary N) is 1. The number of carbonyl (C=O) groups is 1. The summed E-state index contributed by atoms with van der Waals surface area (Å²) in [6.45, 7) is 3.99. The van der Waals surface area contributed by atoms with Crippen LogP contribution in [0.2, 0.25) is 5.02 Å². The van der Waals surface area contributed by atoms with Crippen molar-refractivity contribution in [2.24, 2.45) is 7.05 Å². The SMILES string of the molecule is Cc1c(-c2ccnc3cc(C(=O)N[C@@H](C)CCc4ccc(Cl)cc4)nn23)cnn1C. The molecule has 30 heavy (non-hydrogen) atoms. The Morgan fingerprint density at radius 1 is 1.23 bits per heavy atom. The van der Waals surface area contributed by atoms with Crippen molar-refractivity contribution in [3.63, 3.8) is 0 Å². The van der Waals surface area contributed by atoms with Gasteiger partial charge in [0.15, 0.2) is 11.3 Å². The standard InChI is InChI=1S/C22H23ClN6O/c1-14(4-5-16-6-8-17(23)9-7-16)26-22(30)19-12-21-24-11-10-20(29(21)27-19)18-13-25-28(3)15(18)2/h6-14H,4-5H2,1-3H3,(H,26,30)/t14-/m0/s1. The smallest absolute Gasteiger partial charge is 0.272 e. The van der Waals surface area contributed by atoms with Crippen LogP contribution in [0.4, 0.5) is 0 Å². The summed E-state index contributed by atoms with van der Waals surface area (Å²) in [6, 6.07) is 11.4. The van der Waals surface area contributed by atoms with Crippen LogP contribution in [0, 0.1) is 6.92 Å². The summed E-state index contributed by atoms with van der Waals surface area (Å²) in [5.41, 5.74) is 4.97. The molecule has 1 N–H and O–H groups in total. The molecule has 0 saturated carbocycles. The van der Waals surface area contributed by atoms with Crippen LogP contribution < -0.4 is 5.32 Å². The molecule has 3 aromatic heterocycles. The number of nitrogens with zero attached hydrogens (tertiary/aromatic N) is 5. The van der Waals surface area contributed by atoms with Gasteiger partial charge in [0.1, 0.15) is 0 Å². The summed E-state index contributed by atoms with van der Waals surface area (Å²) >= 11 is 5.93. The van der Waals surface area contributed by atoms with Crippen LogP contribution in [-0.4, -0.2) is 36.3 Å². The highest BCUT2D eigenvalue weighted by Gasteiger charge is 2.17. The fraction of sp³-hybridized carbons (Fsp3) is 0.273. The molecule has 4 rings (SSSR count). The Morgan fingerprint density at radius 3 is 2.70 bits per heavy atom. The molecular formula is C22H23ClN6O. The van der Waals surface area contributed by atoms with E-state index in [1.807, 2.05) is 51.2 Å². The van der Waals surface area contributed by atoms with Gasteiger partial charge in [0.05, 0.1) is 11.9 Å². The molecule has 1 amide bonds. The van der Waals surface area contributed by atoms with Gasteiger partial charge in [-0.1, -0.05) is 23.7 Å². The van der Waals surface area contributed by atoms with Crippen LogP contribution in [0.25, 0.3) is 16.9 Å². The first-order chi connectivity index (χ1) is 14.4. The lowest BCUT2D eigenvalue weighted by molar-refractivity contribution is 0.0933. The maximum atomic E-state index is 12.8. The first-order valence-corrected chi connectivity index (χ1v) is 10.2. The van der Waals surface area contributed by atoms with E-state index in [4.69, 9.17) is 11.6 Å². The molecule has 0 saturated heterocycles. The van der Waals surface area contributed by atoms with Crippen LogP contribution in [0.3, 0.4) is 0 Å². The third kappa shape index (κ3) is 4.07. The van der Waals surface area contributed by atoms with Gasteiger partial charge in [0.25, 0.3) is 5.91 Å². The molecule has 0 aliphatic rings. The summed E-state index contributed by atoms with van der Waals surface area (Å²) in [5.74, 6) is -0.210. The summed E-state index contributed by atoms with van der Waals surface area (Å²) in [6.07, 6.45) is 5.19. The number of benzene rings is 1. The van der Waals surface area contributed by atoms with Crippen molar-refractivity contribution in [1.29, 1.82) is 0 Å². The number of hydrogen-bond acceptors (Lipinski definition) is 4. The van der Waals surface area contributed by atoms with Gasteiger partial charge < -0.3 is 5.32 Å². The van der Waals surface area contributed by atoms with Crippen molar-refractivity contribution >= 4 is 23.2 Å². The fourth-order valence-electron chi connectivity index (χ4n) is 3.36. The highest BCUT2D eigenvalue weighted by Crippen LogP contribution is 2.23. The second-order valence-electron chi connectivity index (χ2n) is 7.44. The molecule has 0 unspecified atom stereocenters. The highest BCUT2D eigenvalue weighted by atomic mass is 35.5. The van der Waals surface area contributed by atoms with Gasteiger partial charge in [-0.25, -0.2) is 9.50 Å². The van der Waals surface area contributed by atoms with Crippen LogP contribution in [0.15, 0.2) is 48.8 Å². The van der Waals surface area contributed by atoms with E-state index in [-0.39, 0.29) is 11.9 Å². The third-order valence-corrected chi connectivity index (χ3v) is 5.51. The van der Waals surface area contributed by atoms with E-state index in [1.54, 1.807) is 27.7 Å². The van der Waals surface area contributed by atoms with Crippen molar-refractivity contribution in [1.82, 2.24) is 29.7 Å². The Labute approximate surface area is 179 Å². The van der Waals surface area contributed by atoms with Gasteiger partial charge in [0, 0.05) is 41.6 Å². The molecule has 154 valence electrons. The number of halogens is 1. The third-order valence-electron chi connectivity index (χ3n) is 5.26. The summed E-state index contributed by atoms with van der Waals surface area (Å²) < 4.78 is 3.50. The summed E-state index contributed by atoms with van der Waals surface area (Å²) in [4.78, 5) is 17.1. The Hall–Kier alpha value is -3.19. The van der Waals surface area contributed by atoms with Crippen LogP contribution in [0.1, 0.15) is 35.1 Å². The monoisotopic (exact) mass is 422 g/mol. The molecule has 0 radical (unpaired) electrons. The average Bonchev–Trinajstić information content (AvgIpc) is 3.31. The molecule has 0 fully saturated rings. The summed E-state index contributed by atoms with van der Waals surface area (Å²) in [7, 11) is 1.89. The molecule has 0 aliphatic carbocycles. The van der Waals surface area contributed by atoms with Crippen molar-refractivity contribution in [3.05, 3.63) is 70.8 Å². The molecule has 0 bridgehead atoms. The molecule has 0 spiro atoms. The largest absolute Gasteiger partial charge is 0.348 e. The number of amides is 1. The van der Waals surface area contributed by atoms with Crippen molar-refractivity contribution < 1.29 is 4.79 Å². The topological polar surface area (TPSA) is 77.1 Å². The van der Waals surface area contributed by atoms with E-state index >= 15 is 0 Å². The molecular weight excluding hydrogens is 400 g/mol. The van der Waals surface area contributed by atoms with Crippen LogP contribution in [-0.2, 0) is 13.5 Å². The lowest BCUT2D eigenvalue weighted by Gasteiger charge is -2.13. The molecule has 7 nitrogen and oxygen atoms in total. The van der Waals surface area contributed by atoms with E-state index < -0.39 is 0 Å². The average molecular weight is 423 g/mol. The number of carbonyl (C=O) groups excluding carboxylic acids is 1. The zero-order chi connectivity index (χ0) is 21.3. The van der Waals surface area contributed by atoms with Crippen LogP contribution >= 0.6 is 11.6 Å². The normalized spacial score (nSPS) is 12.3. The molecule has 8 heteroatoms. The van der Waals surface area contributed by atoms with Crippen molar-refractivity contribution in [2.75, 3.05) is 0 Å². The lowest BCUT2D eigenvalue weighted by Crippen LogP contribution is -2.33. The Kier molecular flexibility index (Phi) is 5.55. The predicted molar refractivity (Wildman–Crippen MR) is 117 cm³/mol. The number of aromatic nitrogens is 5. The predicted octanol–water partition coefficient (Wildman–Crippen LogP) is 3.84. The zero-order valence-corrected chi connectivity index (χ0v) is 17.9. The number of rotatable bonds is 6. The highest BCUT2D eigenvalue weighted by molar-refractivity contribution is 6.30. The Balaban J connectivity index is 1.49. The molecule has 4 aromatic rings. The van der Waals surface area contributed by atoms with Gasteiger partial charge >= 0.3 is 0 Å². The molecule has 1 atom stereocenters. The molecule has 1 aromatic carbocycles. The maximum Gasteiger partial charge on any atom is 0.272 e. The van der Waals surface area contributed by atoms with Gasteiger partial charge in [-0.3, -0.25) is 9.48 Å². The minimum atomic E-state index is -0.210. The zero-order valence-electron chi connectivity index (χ0n) is 17.1. The minimum Gasteiger partial charge on any atom is -0.348 e. The molecule has 0 aliphatic heterocycles. The second-order valence-corrected chi connectivity index (χ2v) is 7.87. The van der Waals surface area contributed by atoms with Crippen molar-refractivity contribution in [3.8, 4) is 11.3 Å². The number of hydrogen-bond donors (Lipinski definition) is 1. The van der Waals surface area contributed by atoms with Gasteiger partial charge in [-0.2, -0.15) is 10.2 Å². The Bertz CT molecular complexity index is 1190. The summed E-state index contributed by atoms with van der Waals surface area (Å²) in [5, 5.41) is 12.6.